The molecule has 0 nitrogen and oxygen atoms in total. The Morgan fingerprint density at radius 2 is 0.704 bits per heavy atom. The van der Waals surface area contributed by atoms with Gasteiger partial charge >= 0.3 is 0 Å². The Morgan fingerprint density at radius 1 is 0.222 bits per heavy atom. The largest absolute Gasteiger partial charge is 0.0622 e. The van der Waals surface area contributed by atoms with Gasteiger partial charge in [0.15, 0.2) is 0 Å². The maximum Gasteiger partial charge on any atom is 0.0358 e. The van der Waals surface area contributed by atoms with Crippen molar-refractivity contribution in [1.29, 1.82) is 0 Å². The van der Waals surface area contributed by atoms with E-state index in [1.165, 1.54) is 99.8 Å². The summed E-state index contributed by atoms with van der Waals surface area (Å²) in [4.78, 5) is 0. The highest BCUT2D eigenvalue weighted by Gasteiger charge is 2.36. The van der Waals surface area contributed by atoms with Gasteiger partial charge in [-0.3, -0.25) is 0 Å². The molecule has 2 aliphatic rings. The predicted molar refractivity (Wildman–Crippen MR) is 226 cm³/mol. The van der Waals surface area contributed by atoms with Gasteiger partial charge in [-0.25, -0.2) is 0 Å². The molecular formula is C54H36. The van der Waals surface area contributed by atoms with Crippen molar-refractivity contribution in [3.8, 4) is 55.6 Å². The van der Waals surface area contributed by atoms with Crippen molar-refractivity contribution in [2.24, 2.45) is 0 Å². The number of rotatable bonds is 5. The second-order valence-electron chi connectivity index (χ2n) is 14.8. The SMILES string of the molecule is c1ccc(-c2cc(-c3ccccc3)cc(-c3ccc(C4c5ccccc5-c5cc6c(cc54)C(c4ccccc4)c4ccccc4-6)c4ccccc34)c2)cc1. The third kappa shape index (κ3) is 4.84. The maximum atomic E-state index is 2.56. The van der Waals surface area contributed by atoms with Crippen LogP contribution in [0.25, 0.3) is 66.4 Å². The smallest absolute Gasteiger partial charge is 0.0358 e. The molecule has 0 N–H and O–H groups in total. The lowest BCUT2D eigenvalue weighted by Gasteiger charge is -2.21. The maximum absolute atomic E-state index is 2.56. The van der Waals surface area contributed by atoms with Crippen LogP contribution < -0.4 is 0 Å². The topological polar surface area (TPSA) is 0 Å². The second kappa shape index (κ2) is 12.4. The molecule has 2 atom stereocenters. The van der Waals surface area contributed by atoms with Crippen molar-refractivity contribution >= 4 is 10.8 Å². The molecule has 2 aliphatic carbocycles. The molecule has 2 unspecified atom stereocenters. The van der Waals surface area contributed by atoms with Gasteiger partial charge < -0.3 is 0 Å². The summed E-state index contributed by atoms with van der Waals surface area (Å²) in [7, 11) is 0. The molecule has 0 heteroatoms. The molecule has 0 saturated heterocycles. The lowest BCUT2D eigenvalue weighted by Crippen LogP contribution is -2.03. The number of hydrogen-bond acceptors (Lipinski definition) is 0. The minimum absolute atomic E-state index is 0.121. The fourth-order valence-corrected chi connectivity index (χ4v) is 9.44. The second-order valence-corrected chi connectivity index (χ2v) is 14.8. The van der Waals surface area contributed by atoms with Crippen LogP contribution in [0, 0.1) is 0 Å². The first-order chi connectivity index (χ1) is 26.8. The molecule has 0 aliphatic heterocycles. The minimum atomic E-state index is 0.121. The predicted octanol–water partition coefficient (Wildman–Crippen LogP) is 14.2. The molecule has 0 radical (unpaired) electrons. The lowest BCUT2D eigenvalue weighted by molar-refractivity contribution is 0.987. The van der Waals surface area contributed by atoms with Crippen molar-refractivity contribution in [1.82, 2.24) is 0 Å². The molecule has 0 amide bonds. The summed E-state index contributed by atoms with van der Waals surface area (Å²) in [6.07, 6.45) is 0. The van der Waals surface area contributed by atoms with E-state index in [9.17, 15) is 0 Å². The Hall–Kier alpha value is -6.76. The standard InChI is InChI=1S/C54H36/c1-4-16-35(17-5-1)38-30-39(36-18-6-2-7-19-36)32-40(31-38)41-28-29-48(43-23-11-10-22-42(41)43)54-47-27-15-13-25-45(47)50-33-49-44-24-12-14-26-46(44)53(51(49)34-52(50)54)37-20-8-3-9-21-37/h1-34,53-54H. The van der Waals surface area contributed by atoms with Gasteiger partial charge in [0.05, 0.1) is 0 Å². The minimum Gasteiger partial charge on any atom is -0.0622 e. The number of hydrogen-bond donors (Lipinski definition) is 0. The average molecular weight is 685 g/mol. The van der Waals surface area contributed by atoms with Gasteiger partial charge in [-0.2, -0.15) is 0 Å². The van der Waals surface area contributed by atoms with Crippen molar-refractivity contribution in [2.75, 3.05) is 0 Å². The van der Waals surface area contributed by atoms with Gasteiger partial charge in [0.2, 0.25) is 0 Å². The molecule has 0 heterocycles. The van der Waals surface area contributed by atoms with E-state index in [1.54, 1.807) is 0 Å². The average Bonchev–Trinajstić information content (AvgIpc) is 3.75. The normalized spacial score (nSPS) is 15.0. The Morgan fingerprint density at radius 3 is 1.33 bits per heavy atom. The molecule has 9 aromatic rings. The zero-order chi connectivity index (χ0) is 35.6. The van der Waals surface area contributed by atoms with Crippen LogP contribution in [0.1, 0.15) is 45.2 Å². The molecule has 0 aromatic heterocycles. The van der Waals surface area contributed by atoms with Crippen LogP contribution in [-0.4, -0.2) is 0 Å². The van der Waals surface area contributed by atoms with Crippen LogP contribution in [0.5, 0.6) is 0 Å². The Labute approximate surface area is 316 Å². The highest BCUT2D eigenvalue weighted by molar-refractivity contribution is 6.02. The van der Waals surface area contributed by atoms with Crippen molar-refractivity contribution in [3.05, 3.63) is 240 Å². The Bertz CT molecular complexity index is 2810. The lowest BCUT2D eigenvalue weighted by atomic mass is 9.82. The van der Waals surface area contributed by atoms with E-state index in [4.69, 9.17) is 0 Å². The van der Waals surface area contributed by atoms with Gasteiger partial charge in [-0.15, -0.1) is 0 Å². The van der Waals surface area contributed by atoms with Crippen molar-refractivity contribution < 1.29 is 0 Å². The van der Waals surface area contributed by atoms with Gasteiger partial charge in [0, 0.05) is 11.8 Å². The first-order valence-electron chi connectivity index (χ1n) is 19.0. The first-order valence-corrected chi connectivity index (χ1v) is 19.0. The van der Waals surface area contributed by atoms with Crippen LogP contribution in [0.3, 0.4) is 0 Å². The molecule has 11 rings (SSSR count). The molecule has 0 saturated carbocycles. The van der Waals surface area contributed by atoms with E-state index in [0.29, 0.717) is 0 Å². The molecule has 0 bridgehead atoms. The van der Waals surface area contributed by atoms with E-state index in [1.807, 2.05) is 0 Å². The number of fused-ring (bicyclic) bond motifs is 7. The van der Waals surface area contributed by atoms with Crippen LogP contribution in [0.2, 0.25) is 0 Å². The van der Waals surface area contributed by atoms with E-state index < -0.39 is 0 Å². The third-order valence-corrected chi connectivity index (χ3v) is 11.8. The van der Waals surface area contributed by atoms with Crippen molar-refractivity contribution in [2.45, 2.75) is 11.8 Å². The summed E-state index contributed by atoms with van der Waals surface area (Å²) >= 11 is 0. The summed E-state index contributed by atoms with van der Waals surface area (Å²) in [5, 5.41) is 2.58. The molecule has 0 spiro atoms. The summed E-state index contributed by atoms with van der Waals surface area (Å²) in [5.74, 6) is 0.331. The summed E-state index contributed by atoms with van der Waals surface area (Å²) in [5.41, 5.74) is 21.1. The monoisotopic (exact) mass is 684 g/mol. The Kier molecular flexibility index (Phi) is 7.10. The van der Waals surface area contributed by atoms with Crippen molar-refractivity contribution in [3.63, 3.8) is 0 Å². The van der Waals surface area contributed by atoms with Crippen LogP contribution in [-0.2, 0) is 0 Å². The summed E-state index contributed by atoms with van der Waals surface area (Å²) in [6, 6.07) is 76.7. The third-order valence-electron chi connectivity index (χ3n) is 11.8. The summed E-state index contributed by atoms with van der Waals surface area (Å²) < 4.78 is 0. The highest BCUT2D eigenvalue weighted by Crippen LogP contribution is 2.56. The van der Waals surface area contributed by atoms with Crippen LogP contribution in [0.4, 0.5) is 0 Å². The fourth-order valence-electron chi connectivity index (χ4n) is 9.44. The highest BCUT2D eigenvalue weighted by atomic mass is 14.4. The van der Waals surface area contributed by atoms with Crippen LogP contribution >= 0.6 is 0 Å². The van der Waals surface area contributed by atoms with E-state index in [0.717, 1.165) is 0 Å². The molecule has 54 heavy (non-hydrogen) atoms. The van der Waals surface area contributed by atoms with E-state index in [-0.39, 0.29) is 11.8 Å². The van der Waals surface area contributed by atoms with E-state index in [2.05, 4.69) is 206 Å². The first kappa shape index (κ1) is 30.8. The van der Waals surface area contributed by atoms with Gasteiger partial charge in [0.1, 0.15) is 0 Å². The summed E-state index contributed by atoms with van der Waals surface area (Å²) in [6.45, 7) is 0. The zero-order valence-electron chi connectivity index (χ0n) is 29.8. The van der Waals surface area contributed by atoms with E-state index >= 15 is 0 Å². The van der Waals surface area contributed by atoms with Gasteiger partial charge in [-0.1, -0.05) is 182 Å². The number of benzene rings is 9. The Balaban J connectivity index is 1.11. The zero-order valence-corrected chi connectivity index (χ0v) is 29.8. The van der Waals surface area contributed by atoms with Gasteiger partial charge in [0.25, 0.3) is 0 Å². The fraction of sp³-hybridized carbons (Fsp3) is 0.0370. The van der Waals surface area contributed by atoms with Gasteiger partial charge in [-0.05, 0) is 124 Å². The molecule has 252 valence electrons. The molecular weight excluding hydrogens is 649 g/mol. The molecule has 0 fully saturated rings. The quantitative estimate of drug-likeness (QED) is 0.169. The molecule has 9 aromatic carbocycles. The van der Waals surface area contributed by atoms with Crippen LogP contribution in [0.15, 0.2) is 206 Å².